The number of nitrogens with two attached hydrogens (primary N) is 1. The van der Waals surface area contributed by atoms with Gasteiger partial charge in [0.1, 0.15) is 11.5 Å². The average molecular weight is 247 g/mol. The molecule has 8 heteroatoms. The molecule has 17 heavy (non-hydrogen) atoms. The molecule has 0 aromatic heterocycles. The molecule has 0 saturated heterocycles. The van der Waals surface area contributed by atoms with E-state index in [4.69, 9.17) is 0 Å². The number of nitrogens with one attached hydrogen (secondary N) is 2. The lowest BCUT2D eigenvalue weighted by Gasteiger charge is -2.08. The van der Waals surface area contributed by atoms with E-state index in [1.54, 1.807) is 5.32 Å². The van der Waals surface area contributed by atoms with Crippen molar-refractivity contribution in [3.05, 3.63) is 29.6 Å². The molecule has 0 spiro atoms. The van der Waals surface area contributed by atoms with Crippen LogP contribution < -0.4 is 16.4 Å². The Morgan fingerprint density at radius 3 is 2.18 bits per heavy atom. The lowest BCUT2D eigenvalue weighted by atomic mass is 10.2. The summed E-state index contributed by atoms with van der Waals surface area (Å²) in [7, 11) is 0. The van der Waals surface area contributed by atoms with Gasteiger partial charge in [-0.3, -0.25) is 10.1 Å². The van der Waals surface area contributed by atoms with Crippen molar-refractivity contribution in [1.29, 1.82) is 0 Å². The van der Waals surface area contributed by atoms with Gasteiger partial charge in [-0.15, -0.1) is 0 Å². The fourth-order valence-electron chi connectivity index (χ4n) is 1.06. The summed E-state index contributed by atoms with van der Waals surface area (Å²) >= 11 is 0. The van der Waals surface area contributed by atoms with Crippen molar-refractivity contribution in [2.45, 2.75) is 0 Å². The average Bonchev–Trinajstić information content (AvgIpc) is 2.14. The standard InChI is InChI=1S/C9H8F3N3O2/c10-4-1-5(11)8(6(12)2-4)14-3-7(16)15-9(13)17/h1-2,14H,3H2,(H3,13,15,16,17). The number of urea groups is 1. The van der Waals surface area contributed by atoms with Crippen LogP contribution in [0.15, 0.2) is 12.1 Å². The highest BCUT2D eigenvalue weighted by Gasteiger charge is 2.12. The summed E-state index contributed by atoms with van der Waals surface area (Å²) < 4.78 is 38.6. The van der Waals surface area contributed by atoms with Crippen molar-refractivity contribution in [3.8, 4) is 0 Å². The highest BCUT2D eigenvalue weighted by molar-refractivity contribution is 5.95. The number of imide groups is 1. The zero-order valence-corrected chi connectivity index (χ0v) is 8.39. The Labute approximate surface area is 93.8 Å². The number of rotatable bonds is 3. The van der Waals surface area contributed by atoms with Crippen LogP contribution in [0.25, 0.3) is 0 Å². The topological polar surface area (TPSA) is 84.2 Å². The lowest BCUT2D eigenvalue weighted by molar-refractivity contribution is -0.118. The van der Waals surface area contributed by atoms with Crippen LogP contribution in [0.5, 0.6) is 0 Å². The first-order chi connectivity index (χ1) is 7.90. The van der Waals surface area contributed by atoms with E-state index in [0.29, 0.717) is 12.1 Å². The first-order valence-electron chi connectivity index (χ1n) is 4.38. The van der Waals surface area contributed by atoms with Crippen LogP contribution >= 0.6 is 0 Å². The molecule has 0 fully saturated rings. The Balaban J connectivity index is 2.70. The van der Waals surface area contributed by atoms with Gasteiger partial charge < -0.3 is 11.1 Å². The van der Waals surface area contributed by atoms with E-state index >= 15 is 0 Å². The van der Waals surface area contributed by atoms with Crippen LogP contribution in [0.4, 0.5) is 23.7 Å². The molecule has 3 amide bonds. The van der Waals surface area contributed by atoms with E-state index in [1.165, 1.54) is 0 Å². The molecule has 0 atom stereocenters. The van der Waals surface area contributed by atoms with Crippen LogP contribution in [0.2, 0.25) is 0 Å². The van der Waals surface area contributed by atoms with Gasteiger partial charge >= 0.3 is 6.03 Å². The van der Waals surface area contributed by atoms with Gasteiger partial charge in [0.15, 0.2) is 11.6 Å². The number of carbonyl (C=O) groups is 2. The number of hydrogen-bond donors (Lipinski definition) is 3. The quantitative estimate of drug-likeness (QED) is 0.735. The number of benzene rings is 1. The van der Waals surface area contributed by atoms with E-state index in [9.17, 15) is 22.8 Å². The Morgan fingerprint density at radius 1 is 1.18 bits per heavy atom. The second-order valence-electron chi connectivity index (χ2n) is 3.01. The molecule has 0 heterocycles. The Morgan fingerprint density at radius 2 is 1.71 bits per heavy atom. The van der Waals surface area contributed by atoms with E-state index in [-0.39, 0.29) is 0 Å². The molecule has 0 aliphatic heterocycles. The third kappa shape index (κ3) is 3.67. The molecule has 5 nitrogen and oxygen atoms in total. The van der Waals surface area contributed by atoms with Crippen molar-refractivity contribution in [2.75, 3.05) is 11.9 Å². The summed E-state index contributed by atoms with van der Waals surface area (Å²) in [6.07, 6.45) is 0. The largest absolute Gasteiger partial charge is 0.371 e. The summed E-state index contributed by atoms with van der Waals surface area (Å²) in [5.74, 6) is -4.32. The van der Waals surface area contributed by atoms with Gasteiger partial charge in [-0.05, 0) is 0 Å². The van der Waals surface area contributed by atoms with E-state index in [0.717, 1.165) is 0 Å². The maximum Gasteiger partial charge on any atom is 0.318 e. The number of carbonyl (C=O) groups excluding carboxylic acids is 2. The minimum absolute atomic E-state index is 0.456. The summed E-state index contributed by atoms with van der Waals surface area (Å²) in [4.78, 5) is 21.2. The summed E-state index contributed by atoms with van der Waals surface area (Å²) in [6.45, 7) is -0.581. The fourth-order valence-corrected chi connectivity index (χ4v) is 1.06. The van der Waals surface area contributed by atoms with Gasteiger partial charge in [-0.2, -0.15) is 0 Å². The lowest BCUT2D eigenvalue weighted by Crippen LogP contribution is -2.38. The van der Waals surface area contributed by atoms with Crippen LogP contribution in [0.1, 0.15) is 0 Å². The maximum atomic E-state index is 13.1. The molecule has 0 aliphatic carbocycles. The minimum atomic E-state index is -1.19. The molecule has 1 aromatic carbocycles. The Kier molecular flexibility index (Phi) is 3.91. The molecule has 0 radical (unpaired) electrons. The van der Waals surface area contributed by atoms with E-state index in [1.807, 2.05) is 0 Å². The molecule has 0 bridgehead atoms. The molecule has 92 valence electrons. The molecule has 0 saturated carbocycles. The molecule has 1 rings (SSSR count). The zero-order chi connectivity index (χ0) is 13.0. The van der Waals surface area contributed by atoms with Crippen LogP contribution in [-0.2, 0) is 4.79 Å². The number of hydrogen-bond acceptors (Lipinski definition) is 3. The van der Waals surface area contributed by atoms with Gasteiger partial charge in [-0.25, -0.2) is 18.0 Å². The number of anilines is 1. The van der Waals surface area contributed by atoms with Crippen LogP contribution in [0.3, 0.4) is 0 Å². The number of amides is 3. The first-order valence-corrected chi connectivity index (χ1v) is 4.38. The van der Waals surface area contributed by atoms with Gasteiger partial charge in [-0.1, -0.05) is 0 Å². The second kappa shape index (κ2) is 5.19. The van der Waals surface area contributed by atoms with Crippen molar-refractivity contribution in [1.82, 2.24) is 5.32 Å². The highest BCUT2D eigenvalue weighted by atomic mass is 19.1. The van der Waals surface area contributed by atoms with Gasteiger partial charge in [0.05, 0.1) is 6.54 Å². The normalized spacial score (nSPS) is 9.82. The highest BCUT2D eigenvalue weighted by Crippen LogP contribution is 2.19. The second-order valence-corrected chi connectivity index (χ2v) is 3.01. The molecule has 0 unspecified atom stereocenters. The SMILES string of the molecule is NC(=O)NC(=O)CNc1c(F)cc(F)cc1F. The predicted molar refractivity (Wildman–Crippen MR) is 52.5 cm³/mol. The predicted octanol–water partition coefficient (Wildman–Crippen LogP) is 0.711. The summed E-state index contributed by atoms with van der Waals surface area (Å²) in [5.41, 5.74) is 3.98. The van der Waals surface area contributed by atoms with Crippen molar-refractivity contribution in [3.63, 3.8) is 0 Å². The van der Waals surface area contributed by atoms with Gasteiger partial charge in [0.25, 0.3) is 0 Å². The van der Waals surface area contributed by atoms with Crippen LogP contribution in [-0.4, -0.2) is 18.5 Å². The van der Waals surface area contributed by atoms with Gasteiger partial charge in [0, 0.05) is 12.1 Å². The van der Waals surface area contributed by atoms with Crippen molar-refractivity contribution >= 4 is 17.6 Å². The van der Waals surface area contributed by atoms with Crippen LogP contribution in [0, 0.1) is 17.5 Å². The Bertz CT molecular complexity index is 442. The number of halogens is 3. The Hall–Kier alpha value is -2.25. The molecule has 1 aromatic rings. The fraction of sp³-hybridized carbons (Fsp3) is 0.111. The first kappa shape index (κ1) is 12.8. The smallest absolute Gasteiger partial charge is 0.318 e. The third-order valence-electron chi connectivity index (χ3n) is 1.70. The molecular weight excluding hydrogens is 239 g/mol. The summed E-state index contributed by atoms with van der Waals surface area (Å²) in [5, 5.41) is 3.76. The number of primary amides is 1. The molecule has 0 aliphatic rings. The molecule has 4 N–H and O–H groups in total. The van der Waals surface area contributed by atoms with Crippen molar-refractivity contribution in [2.24, 2.45) is 5.73 Å². The van der Waals surface area contributed by atoms with Crippen molar-refractivity contribution < 1.29 is 22.8 Å². The van der Waals surface area contributed by atoms with E-state index in [2.05, 4.69) is 11.1 Å². The summed E-state index contributed by atoms with van der Waals surface area (Å²) in [6, 6.07) is -0.175. The van der Waals surface area contributed by atoms with E-state index < -0.39 is 41.6 Å². The minimum Gasteiger partial charge on any atom is -0.371 e. The van der Waals surface area contributed by atoms with Gasteiger partial charge in [0.2, 0.25) is 5.91 Å². The molecular formula is C9H8F3N3O2. The maximum absolute atomic E-state index is 13.1. The zero-order valence-electron chi connectivity index (χ0n) is 8.39. The third-order valence-corrected chi connectivity index (χ3v) is 1.70. The monoisotopic (exact) mass is 247 g/mol.